The SMILES string of the molecule is C=C[C@@H]1C[C@@H]2C=C(C(=O)OC)[C@H]1C(=O)C2(OC)OC. The van der Waals surface area contributed by atoms with Gasteiger partial charge in [0.25, 0.3) is 0 Å². The molecule has 0 N–H and O–H groups in total. The lowest BCUT2D eigenvalue weighted by Crippen LogP contribution is -2.60. The molecule has 0 aromatic carbocycles. The molecule has 0 heterocycles. The van der Waals surface area contributed by atoms with E-state index in [1.165, 1.54) is 21.3 Å². The van der Waals surface area contributed by atoms with Gasteiger partial charge in [-0.3, -0.25) is 4.79 Å². The zero-order valence-electron chi connectivity index (χ0n) is 11.3. The summed E-state index contributed by atoms with van der Waals surface area (Å²) in [5.74, 6) is -3.00. The first-order valence-corrected chi connectivity index (χ1v) is 6.12. The second-order valence-corrected chi connectivity index (χ2v) is 4.77. The van der Waals surface area contributed by atoms with Crippen molar-refractivity contribution >= 4 is 11.8 Å². The lowest BCUT2D eigenvalue weighted by Gasteiger charge is -2.48. The van der Waals surface area contributed by atoms with E-state index < -0.39 is 17.7 Å². The molecule has 0 aromatic heterocycles. The van der Waals surface area contributed by atoms with E-state index in [9.17, 15) is 9.59 Å². The van der Waals surface area contributed by atoms with Crippen molar-refractivity contribution in [1.82, 2.24) is 0 Å². The molecule has 1 saturated carbocycles. The molecule has 3 aliphatic carbocycles. The standard InChI is InChI=1S/C14H18O5/c1-5-8-6-9-7-10(13(16)17-2)11(8)12(15)14(9,18-3)19-4/h5,7-9,11H,1,6H2,2-4H3/t8-,9-,11+/m1/s1. The molecule has 5 heteroatoms. The summed E-state index contributed by atoms with van der Waals surface area (Å²) in [6.07, 6.45) is 4.12. The molecule has 3 aliphatic rings. The zero-order chi connectivity index (χ0) is 14.2. The summed E-state index contributed by atoms with van der Waals surface area (Å²) >= 11 is 0. The number of ether oxygens (including phenoxy) is 3. The number of methoxy groups -OCH3 is 3. The minimum absolute atomic E-state index is 0.0879. The molecule has 5 nitrogen and oxygen atoms in total. The van der Waals surface area contributed by atoms with Crippen LogP contribution in [0, 0.1) is 17.8 Å². The highest BCUT2D eigenvalue weighted by atomic mass is 16.7. The van der Waals surface area contributed by atoms with E-state index in [4.69, 9.17) is 14.2 Å². The van der Waals surface area contributed by atoms with Crippen molar-refractivity contribution in [1.29, 1.82) is 0 Å². The summed E-state index contributed by atoms with van der Waals surface area (Å²) in [6.45, 7) is 3.74. The van der Waals surface area contributed by atoms with Gasteiger partial charge in [0.15, 0.2) is 0 Å². The molecule has 0 radical (unpaired) electrons. The van der Waals surface area contributed by atoms with Crippen LogP contribution < -0.4 is 0 Å². The third kappa shape index (κ3) is 1.76. The first-order chi connectivity index (χ1) is 9.05. The molecule has 0 unspecified atom stereocenters. The van der Waals surface area contributed by atoms with Crippen molar-refractivity contribution in [2.45, 2.75) is 12.2 Å². The largest absolute Gasteiger partial charge is 0.466 e. The Hall–Kier alpha value is -1.46. The van der Waals surface area contributed by atoms with Gasteiger partial charge in [-0.2, -0.15) is 0 Å². The Bertz CT molecular complexity index is 447. The second-order valence-electron chi connectivity index (χ2n) is 4.77. The Balaban J connectivity index is 2.51. The van der Waals surface area contributed by atoms with Crippen molar-refractivity contribution in [2.24, 2.45) is 17.8 Å². The fourth-order valence-electron chi connectivity index (χ4n) is 3.18. The fraction of sp³-hybridized carbons (Fsp3) is 0.571. The molecular weight excluding hydrogens is 248 g/mol. The molecule has 3 rings (SSSR count). The third-order valence-corrected chi connectivity index (χ3v) is 4.11. The van der Waals surface area contributed by atoms with Gasteiger partial charge in [0, 0.05) is 25.7 Å². The van der Waals surface area contributed by atoms with Gasteiger partial charge < -0.3 is 14.2 Å². The van der Waals surface area contributed by atoms with Crippen LogP contribution in [0.3, 0.4) is 0 Å². The number of allylic oxidation sites excluding steroid dienone is 1. The summed E-state index contributed by atoms with van der Waals surface area (Å²) < 4.78 is 15.4. The number of hydrogen-bond acceptors (Lipinski definition) is 5. The molecule has 0 aliphatic heterocycles. The number of hydrogen-bond donors (Lipinski definition) is 0. The second kappa shape index (κ2) is 4.90. The third-order valence-electron chi connectivity index (χ3n) is 4.11. The summed E-state index contributed by atoms with van der Waals surface area (Å²) in [7, 11) is 4.19. The first kappa shape index (κ1) is 14.0. The van der Waals surface area contributed by atoms with Crippen LogP contribution in [0.25, 0.3) is 0 Å². The molecule has 0 spiro atoms. The van der Waals surface area contributed by atoms with Crippen molar-refractivity contribution in [3.63, 3.8) is 0 Å². The van der Waals surface area contributed by atoms with E-state index in [-0.39, 0.29) is 17.6 Å². The summed E-state index contributed by atoms with van der Waals surface area (Å²) in [4.78, 5) is 24.4. The van der Waals surface area contributed by atoms with Crippen LogP contribution in [0.4, 0.5) is 0 Å². The number of ketones is 1. The monoisotopic (exact) mass is 266 g/mol. The topological polar surface area (TPSA) is 61.8 Å². The predicted octanol–water partition coefficient (Wildman–Crippen LogP) is 1.10. The molecule has 0 aromatic rings. The van der Waals surface area contributed by atoms with E-state index >= 15 is 0 Å². The number of Topliss-reactive ketones (excluding diaryl/α,β-unsaturated/α-hetero) is 1. The van der Waals surface area contributed by atoms with Crippen LogP contribution in [0.1, 0.15) is 6.42 Å². The van der Waals surface area contributed by atoms with Crippen molar-refractivity contribution in [3.05, 3.63) is 24.3 Å². The van der Waals surface area contributed by atoms with E-state index in [0.717, 1.165) is 0 Å². The maximum Gasteiger partial charge on any atom is 0.334 e. The molecule has 3 atom stereocenters. The van der Waals surface area contributed by atoms with Gasteiger partial charge in [-0.1, -0.05) is 12.2 Å². The van der Waals surface area contributed by atoms with Gasteiger partial charge in [0.05, 0.1) is 13.0 Å². The lowest BCUT2D eigenvalue weighted by atomic mass is 9.61. The summed E-state index contributed by atoms with van der Waals surface area (Å²) in [5, 5.41) is 0. The van der Waals surface area contributed by atoms with Gasteiger partial charge >= 0.3 is 5.97 Å². The van der Waals surface area contributed by atoms with Gasteiger partial charge in [0.2, 0.25) is 11.6 Å². The minimum atomic E-state index is -1.29. The Morgan fingerprint density at radius 2 is 2.05 bits per heavy atom. The van der Waals surface area contributed by atoms with Crippen LogP contribution in [0.15, 0.2) is 24.3 Å². The Morgan fingerprint density at radius 3 is 2.47 bits per heavy atom. The van der Waals surface area contributed by atoms with Crippen molar-refractivity contribution < 1.29 is 23.8 Å². The van der Waals surface area contributed by atoms with E-state index in [2.05, 4.69) is 6.58 Å². The van der Waals surface area contributed by atoms with Gasteiger partial charge in [-0.25, -0.2) is 4.79 Å². The predicted molar refractivity (Wildman–Crippen MR) is 67.1 cm³/mol. The average Bonchev–Trinajstić information content (AvgIpc) is 2.46. The molecule has 2 bridgehead atoms. The molecule has 0 amide bonds. The highest BCUT2D eigenvalue weighted by molar-refractivity contribution is 6.03. The van der Waals surface area contributed by atoms with Crippen molar-refractivity contribution in [3.8, 4) is 0 Å². The van der Waals surface area contributed by atoms with E-state index in [1.807, 2.05) is 0 Å². The highest BCUT2D eigenvalue weighted by Crippen LogP contribution is 2.49. The lowest BCUT2D eigenvalue weighted by molar-refractivity contribution is -0.239. The number of rotatable bonds is 4. The highest BCUT2D eigenvalue weighted by Gasteiger charge is 2.60. The molecular formula is C14H18O5. The van der Waals surface area contributed by atoms with Crippen LogP contribution in [0.5, 0.6) is 0 Å². The number of carbonyl (C=O) groups is 2. The van der Waals surface area contributed by atoms with E-state index in [0.29, 0.717) is 12.0 Å². The first-order valence-electron chi connectivity index (χ1n) is 6.12. The molecule has 0 saturated heterocycles. The molecule has 1 fully saturated rings. The number of carbonyl (C=O) groups excluding carboxylic acids is 2. The van der Waals surface area contributed by atoms with Gasteiger partial charge in [-0.15, -0.1) is 6.58 Å². The maximum atomic E-state index is 12.6. The fourth-order valence-corrected chi connectivity index (χ4v) is 3.18. The van der Waals surface area contributed by atoms with E-state index in [1.54, 1.807) is 12.2 Å². The van der Waals surface area contributed by atoms with Crippen LogP contribution >= 0.6 is 0 Å². The zero-order valence-corrected chi connectivity index (χ0v) is 11.3. The summed E-state index contributed by atoms with van der Waals surface area (Å²) in [6, 6.07) is 0. The Labute approximate surface area is 112 Å². The quantitative estimate of drug-likeness (QED) is 0.433. The molecule has 104 valence electrons. The minimum Gasteiger partial charge on any atom is -0.466 e. The number of esters is 1. The van der Waals surface area contributed by atoms with Gasteiger partial charge in [0.1, 0.15) is 0 Å². The van der Waals surface area contributed by atoms with Crippen molar-refractivity contribution in [2.75, 3.05) is 21.3 Å². The Morgan fingerprint density at radius 1 is 1.42 bits per heavy atom. The van der Waals surface area contributed by atoms with Crippen LogP contribution in [-0.2, 0) is 23.8 Å². The summed E-state index contributed by atoms with van der Waals surface area (Å²) in [5.41, 5.74) is 0.387. The normalized spacial score (nSPS) is 31.8. The van der Waals surface area contributed by atoms with Crippen LogP contribution in [-0.4, -0.2) is 38.9 Å². The number of fused-ring (bicyclic) bond motifs is 2. The molecule has 19 heavy (non-hydrogen) atoms. The van der Waals surface area contributed by atoms with Crippen LogP contribution in [0.2, 0.25) is 0 Å². The Kier molecular flexibility index (Phi) is 3.60. The smallest absolute Gasteiger partial charge is 0.334 e. The maximum absolute atomic E-state index is 12.6. The van der Waals surface area contributed by atoms with Gasteiger partial charge in [-0.05, 0) is 12.3 Å². The average molecular weight is 266 g/mol.